The van der Waals surface area contributed by atoms with Crippen LogP contribution in [0.2, 0.25) is 5.02 Å². The third-order valence-corrected chi connectivity index (χ3v) is 8.23. The van der Waals surface area contributed by atoms with Gasteiger partial charge in [-0.2, -0.15) is 0 Å². The predicted octanol–water partition coefficient (Wildman–Crippen LogP) is 8.03. The van der Waals surface area contributed by atoms with E-state index in [1.165, 1.54) is 37.7 Å². The summed E-state index contributed by atoms with van der Waals surface area (Å²) in [6.45, 7) is 4.85. The van der Waals surface area contributed by atoms with E-state index in [0.717, 1.165) is 39.8 Å². The van der Waals surface area contributed by atoms with Crippen molar-refractivity contribution in [3.63, 3.8) is 0 Å². The third kappa shape index (κ3) is 5.18. The van der Waals surface area contributed by atoms with Crippen LogP contribution in [-0.4, -0.2) is 5.91 Å². The Hall–Kier alpha value is -2.98. The quantitative estimate of drug-likeness (QED) is 0.329. The number of amides is 1. The lowest BCUT2D eigenvalue weighted by molar-refractivity contribution is 0.0899. The largest absolute Gasteiger partial charge is 0.366 e. The van der Waals surface area contributed by atoms with Gasteiger partial charge in [0.05, 0.1) is 22.0 Å². The number of fused-ring (bicyclic) bond motifs is 2. The first kappa shape index (κ1) is 23.7. The molecule has 5 rings (SSSR count). The Labute approximate surface area is 213 Å². The van der Waals surface area contributed by atoms with E-state index in [-0.39, 0.29) is 5.41 Å². The summed E-state index contributed by atoms with van der Waals surface area (Å²) in [6, 6.07) is 21.7. The van der Waals surface area contributed by atoms with E-state index in [9.17, 15) is 4.79 Å². The molecule has 2 aliphatic carbocycles. The van der Waals surface area contributed by atoms with E-state index in [1.807, 2.05) is 36.4 Å². The molecule has 3 aromatic carbocycles. The molecule has 2 unspecified atom stereocenters. The Morgan fingerprint density at radius 3 is 2.09 bits per heavy atom. The summed E-state index contributed by atoms with van der Waals surface area (Å²) in [4.78, 5) is 11.7. The number of nitrogens with one attached hydrogen (secondary N) is 2. The molecule has 0 aromatic heterocycles. The van der Waals surface area contributed by atoms with Crippen LogP contribution < -0.4 is 16.4 Å². The molecular weight excluding hydrogens is 454 g/mol. The molecule has 4 N–H and O–H groups in total. The standard InChI is InChI=1S/C30H34ClN3O/c1-19-13-20-15-21(14-19)18-30(2,17-20)22-7-12-28(26(31)16-22)34-24-10-8-23(9-11-24)33-27-6-4-3-5-25(27)29(32)35/h3-12,16,19-21,33-34H,13-15,17-18H2,1-2H3,(H2,32,35). The van der Waals surface area contributed by atoms with Gasteiger partial charge in [-0.3, -0.25) is 4.79 Å². The molecule has 2 saturated carbocycles. The van der Waals surface area contributed by atoms with Crippen LogP contribution in [0.1, 0.15) is 61.9 Å². The van der Waals surface area contributed by atoms with Gasteiger partial charge in [-0.15, -0.1) is 0 Å². The molecule has 35 heavy (non-hydrogen) atoms. The summed E-state index contributed by atoms with van der Waals surface area (Å²) < 4.78 is 0. The number of anilines is 4. The zero-order valence-electron chi connectivity index (χ0n) is 20.5. The van der Waals surface area contributed by atoms with Gasteiger partial charge in [0.2, 0.25) is 0 Å². The van der Waals surface area contributed by atoms with Gasteiger partial charge in [-0.1, -0.05) is 43.6 Å². The number of halogens is 1. The van der Waals surface area contributed by atoms with Crippen LogP contribution in [0.25, 0.3) is 0 Å². The number of hydrogen-bond donors (Lipinski definition) is 3. The predicted molar refractivity (Wildman–Crippen MR) is 146 cm³/mol. The maximum Gasteiger partial charge on any atom is 0.250 e. The van der Waals surface area contributed by atoms with Crippen LogP contribution in [0.4, 0.5) is 22.7 Å². The van der Waals surface area contributed by atoms with Gasteiger partial charge in [-0.05, 0) is 109 Å². The van der Waals surface area contributed by atoms with Gasteiger partial charge in [0.15, 0.2) is 0 Å². The van der Waals surface area contributed by atoms with Crippen LogP contribution in [0, 0.1) is 17.8 Å². The Morgan fingerprint density at radius 2 is 1.49 bits per heavy atom. The number of primary amides is 1. The van der Waals surface area contributed by atoms with Gasteiger partial charge < -0.3 is 16.4 Å². The first-order valence-corrected chi connectivity index (χ1v) is 13.0. The van der Waals surface area contributed by atoms with Gasteiger partial charge in [0.25, 0.3) is 5.91 Å². The monoisotopic (exact) mass is 487 g/mol. The number of para-hydroxylation sites is 1. The van der Waals surface area contributed by atoms with Crippen molar-refractivity contribution in [3.8, 4) is 0 Å². The zero-order valence-corrected chi connectivity index (χ0v) is 21.2. The van der Waals surface area contributed by atoms with E-state index in [1.54, 1.807) is 12.1 Å². The number of rotatable bonds is 6. The first-order valence-electron chi connectivity index (χ1n) is 12.6. The van der Waals surface area contributed by atoms with Crippen molar-refractivity contribution in [1.82, 2.24) is 0 Å². The lowest BCUT2D eigenvalue weighted by atomic mass is 9.57. The normalized spacial score (nSPS) is 25.6. The second kappa shape index (κ2) is 9.58. The molecule has 0 aliphatic heterocycles. The second-order valence-corrected chi connectivity index (χ2v) is 11.4. The highest BCUT2D eigenvalue weighted by Crippen LogP contribution is 2.51. The number of hydrogen-bond acceptors (Lipinski definition) is 3. The Balaban J connectivity index is 1.28. The summed E-state index contributed by atoms with van der Waals surface area (Å²) in [5, 5.41) is 7.47. The second-order valence-electron chi connectivity index (χ2n) is 10.9. The molecule has 3 aromatic rings. The highest BCUT2D eigenvalue weighted by molar-refractivity contribution is 6.33. The minimum Gasteiger partial charge on any atom is -0.366 e. The van der Waals surface area contributed by atoms with Crippen molar-refractivity contribution in [1.29, 1.82) is 0 Å². The summed E-state index contributed by atoms with van der Waals surface area (Å²) in [5.74, 6) is 2.12. The summed E-state index contributed by atoms with van der Waals surface area (Å²) >= 11 is 6.77. The molecule has 2 bridgehead atoms. The number of benzene rings is 3. The molecule has 0 saturated heterocycles. The number of carbonyl (C=O) groups is 1. The summed E-state index contributed by atoms with van der Waals surface area (Å²) in [6.07, 6.45) is 6.69. The topological polar surface area (TPSA) is 67.2 Å². The fourth-order valence-electron chi connectivity index (χ4n) is 6.57. The molecule has 2 atom stereocenters. The van der Waals surface area contributed by atoms with E-state index >= 15 is 0 Å². The van der Waals surface area contributed by atoms with Gasteiger partial charge in [0.1, 0.15) is 0 Å². The van der Waals surface area contributed by atoms with Crippen LogP contribution >= 0.6 is 11.6 Å². The van der Waals surface area contributed by atoms with Crippen LogP contribution in [0.15, 0.2) is 66.7 Å². The molecule has 0 heterocycles. The van der Waals surface area contributed by atoms with Crippen molar-refractivity contribution in [2.24, 2.45) is 23.5 Å². The van der Waals surface area contributed by atoms with Crippen molar-refractivity contribution >= 4 is 40.3 Å². The molecule has 1 amide bonds. The van der Waals surface area contributed by atoms with Crippen molar-refractivity contribution in [2.45, 2.75) is 51.4 Å². The molecule has 5 heteroatoms. The smallest absolute Gasteiger partial charge is 0.250 e. The van der Waals surface area contributed by atoms with Crippen LogP contribution in [0.3, 0.4) is 0 Å². The van der Waals surface area contributed by atoms with Crippen LogP contribution in [0.5, 0.6) is 0 Å². The molecule has 182 valence electrons. The van der Waals surface area contributed by atoms with Crippen molar-refractivity contribution < 1.29 is 4.79 Å². The zero-order chi connectivity index (χ0) is 24.6. The first-order chi connectivity index (χ1) is 16.8. The number of carbonyl (C=O) groups excluding carboxylic acids is 1. The van der Waals surface area contributed by atoms with E-state index < -0.39 is 5.91 Å². The van der Waals surface area contributed by atoms with Gasteiger partial charge in [0, 0.05) is 11.4 Å². The number of nitrogens with two attached hydrogens (primary N) is 1. The van der Waals surface area contributed by atoms with E-state index in [0.29, 0.717) is 11.3 Å². The molecule has 0 radical (unpaired) electrons. The average Bonchev–Trinajstić information content (AvgIpc) is 2.81. The minimum atomic E-state index is -0.454. The van der Waals surface area contributed by atoms with Gasteiger partial charge >= 0.3 is 0 Å². The molecule has 2 aliphatic rings. The van der Waals surface area contributed by atoms with Gasteiger partial charge in [-0.25, -0.2) is 0 Å². The van der Waals surface area contributed by atoms with E-state index in [4.69, 9.17) is 17.3 Å². The highest BCUT2D eigenvalue weighted by atomic mass is 35.5. The minimum absolute atomic E-state index is 0.213. The lowest BCUT2D eigenvalue weighted by Gasteiger charge is -2.47. The average molecular weight is 488 g/mol. The summed E-state index contributed by atoms with van der Waals surface area (Å²) in [5.41, 5.74) is 10.9. The molecule has 0 spiro atoms. The fraction of sp³-hybridized carbons (Fsp3) is 0.367. The van der Waals surface area contributed by atoms with Crippen molar-refractivity contribution in [3.05, 3.63) is 82.9 Å². The maximum absolute atomic E-state index is 11.7. The summed E-state index contributed by atoms with van der Waals surface area (Å²) in [7, 11) is 0. The molecular formula is C30H34ClN3O. The molecule has 2 fully saturated rings. The van der Waals surface area contributed by atoms with E-state index in [2.05, 4.69) is 42.7 Å². The molecule has 4 nitrogen and oxygen atoms in total. The Bertz CT molecular complexity index is 1200. The maximum atomic E-state index is 11.7. The van der Waals surface area contributed by atoms with Crippen LogP contribution in [-0.2, 0) is 5.41 Å². The third-order valence-electron chi connectivity index (χ3n) is 7.92. The lowest BCUT2D eigenvalue weighted by Crippen LogP contribution is -2.38. The van der Waals surface area contributed by atoms with Crippen molar-refractivity contribution in [2.75, 3.05) is 10.6 Å². The Morgan fingerprint density at radius 1 is 0.886 bits per heavy atom. The Kier molecular flexibility index (Phi) is 6.50. The highest BCUT2D eigenvalue weighted by Gasteiger charge is 2.41. The fourth-order valence-corrected chi connectivity index (χ4v) is 6.80. The SMILES string of the molecule is CC1CC2CC(C1)CC(C)(c1ccc(Nc3ccc(Nc4ccccc4C(N)=O)cc3)c(Cl)c1)C2.